The Morgan fingerprint density at radius 2 is 2.26 bits per heavy atom. The monoisotopic (exact) mass is 272 g/mol. The number of carbonyl (C=O) groups excluding carboxylic acids is 1. The average molecular weight is 272 g/mol. The molecule has 2 N–H and O–H groups in total. The molecule has 0 amide bonds. The second-order valence-corrected chi connectivity index (χ2v) is 5.59. The standard InChI is InChI=1S/C14H28N2O3/c1-4-19-13(17)14(2,15)8-5-6-9-16(3)12-7-10-18-11-12/h12H,4-11,15H2,1-3H3. The van der Waals surface area contributed by atoms with Gasteiger partial charge in [-0.2, -0.15) is 0 Å². The summed E-state index contributed by atoms with van der Waals surface area (Å²) in [6, 6.07) is 0.550. The third kappa shape index (κ3) is 5.47. The maximum Gasteiger partial charge on any atom is 0.325 e. The molecule has 0 aliphatic carbocycles. The Labute approximate surface area is 116 Å². The first-order chi connectivity index (χ1) is 8.97. The molecule has 2 atom stereocenters. The van der Waals surface area contributed by atoms with Gasteiger partial charge >= 0.3 is 5.97 Å². The highest BCUT2D eigenvalue weighted by Crippen LogP contribution is 2.15. The summed E-state index contributed by atoms with van der Waals surface area (Å²) in [5, 5.41) is 0. The third-order valence-electron chi connectivity index (χ3n) is 3.73. The van der Waals surface area contributed by atoms with Gasteiger partial charge in [-0.25, -0.2) is 0 Å². The molecule has 5 heteroatoms. The van der Waals surface area contributed by atoms with E-state index in [-0.39, 0.29) is 5.97 Å². The summed E-state index contributed by atoms with van der Waals surface area (Å²) in [7, 11) is 2.13. The zero-order valence-electron chi connectivity index (χ0n) is 12.5. The molecular formula is C14H28N2O3. The van der Waals surface area contributed by atoms with E-state index in [1.54, 1.807) is 13.8 Å². The normalized spacial score (nSPS) is 22.5. The van der Waals surface area contributed by atoms with E-state index in [9.17, 15) is 4.79 Å². The van der Waals surface area contributed by atoms with Crippen LogP contribution < -0.4 is 5.73 Å². The van der Waals surface area contributed by atoms with Crippen molar-refractivity contribution < 1.29 is 14.3 Å². The number of carbonyl (C=O) groups is 1. The predicted molar refractivity (Wildman–Crippen MR) is 74.9 cm³/mol. The lowest BCUT2D eigenvalue weighted by Crippen LogP contribution is -2.46. The van der Waals surface area contributed by atoms with Gasteiger partial charge in [-0.15, -0.1) is 0 Å². The summed E-state index contributed by atoms with van der Waals surface area (Å²) in [5.41, 5.74) is 5.12. The number of rotatable bonds is 8. The molecule has 0 aromatic carbocycles. The maximum atomic E-state index is 11.6. The average Bonchev–Trinajstić information content (AvgIpc) is 2.88. The summed E-state index contributed by atoms with van der Waals surface area (Å²) in [5.74, 6) is -0.299. The van der Waals surface area contributed by atoms with Crippen molar-refractivity contribution in [3.8, 4) is 0 Å². The van der Waals surface area contributed by atoms with Crippen molar-refractivity contribution in [2.75, 3.05) is 33.4 Å². The Morgan fingerprint density at radius 1 is 1.53 bits per heavy atom. The minimum Gasteiger partial charge on any atom is -0.465 e. The van der Waals surface area contributed by atoms with Crippen molar-refractivity contribution in [1.29, 1.82) is 0 Å². The van der Waals surface area contributed by atoms with Gasteiger partial charge in [0.05, 0.1) is 13.2 Å². The second kappa shape index (κ2) is 7.82. The molecule has 0 bridgehead atoms. The molecule has 1 saturated heterocycles. The summed E-state index contributed by atoms with van der Waals surface area (Å²) < 4.78 is 10.3. The third-order valence-corrected chi connectivity index (χ3v) is 3.73. The first-order valence-electron chi connectivity index (χ1n) is 7.21. The largest absolute Gasteiger partial charge is 0.465 e. The Morgan fingerprint density at radius 3 is 2.84 bits per heavy atom. The molecule has 1 heterocycles. The molecule has 1 aliphatic heterocycles. The lowest BCUT2D eigenvalue weighted by atomic mass is 9.96. The zero-order valence-corrected chi connectivity index (χ0v) is 12.5. The molecule has 0 aromatic rings. The number of unbranched alkanes of at least 4 members (excludes halogenated alkanes) is 1. The van der Waals surface area contributed by atoms with E-state index in [2.05, 4.69) is 11.9 Å². The number of esters is 1. The van der Waals surface area contributed by atoms with Crippen LogP contribution in [0.1, 0.15) is 39.5 Å². The minimum absolute atomic E-state index is 0.299. The van der Waals surface area contributed by atoms with Crippen LogP contribution in [0.5, 0.6) is 0 Å². The second-order valence-electron chi connectivity index (χ2n) is 5.59. The lowest BCUT2D eigenvalue weighted by Gasteiger charge is -2.25. The highest BCUT2D eigenvalue weighted by molar-refractivity contribution is 5.79. The summed E-state index contributed by atoms with van der Waals surface area (Å²) >= 11 is 0. The molecule has 1 fully saturated rings. The summed E-state index contributed by atoms with van der Waals surface area (Å²) in [4.78, 5) is 14.0. The highest BCUT2D eigenvalue weighted by Gasteiger charge is 2.29. The first-order valence-corrected chi connectivity index (χ1v) is 7.21. The molecule has 0 aromatic heterocycles. The number of nitrogens with zero attached hydrogens (tertiary/aromatic N) is 1. The SMILES string of the molecule is CCOC(=O)C(C)(N)CCCCN(C)C1CCOC1. The predicted octanol–water partition coefficient (Wildman–Crippen LogP) is 1.16. The van der Waals surface area contributed by atoms with Crippen molar-refractivity contribution in [3.63, 3.8) is 0 Å². The number of nitrogens with two attached hydrogens (primary N) is 1. The molecule has 2 unspecified atom stereocenters. The van der Waals surface area contributed by atoms with Gasteiger partial charge in [0.1, 0.15) is 5.54 Å². The molecule has 19 heavy (non-hydrogen) atoms. The van der Waals surface area contributed by atoms with Crippen LogP contribution in [-0.4, -0.2) is 55.9 Å². The van der Waals surface area contributed by atoms with E-state index < -0.39 is 5.54 Å². The number of hydrogen-bond donors (Lipinski definition) is 1. The van der Waals surface area contributed by atoms with Crippen molar-refractivity contribution in [2.24, 2.45) is 5.73 Å². The number of ether oxygens (including phenoxy) is 2. The van der Waals surface area contributed by atoms with Crippen LogP contribution in [0.15, 0.2) is 0 Å². The van der Waals surface area contributed by atoms with Gasteiger partial charge in [0.25, 0.3) is 0 Å². The molecular weight excluding hydrogens is 244 g/mol. The number of hydrogen-bond acceptors (Lipinski definition) is 5. The topological polar surface area (TPSA) is 64.8 Å². The summed E-state index contributed by atoms with van der Waals surface area (Å²) in [6.07, 6.45) is 3.76. The Hall–Kier alpha value is -0.650. The molecule has 1 aliphatic rings. The van der Waals surface area contributed by atoms with Gasteiger partial charge < -0.3 is 20.1 Å². The fraction of sp³-hybridized carbons (Fsp3) is 0.929. The maximum absolute atomic E-state index is 11.6. The quantitative estimate of drug-likeness (QED) is 0.530. The van der Waals surface area contributed by atoms with E-state index >= 15 is 0 Å². The fourth-order valence-electron chi connectivity index (χ4n) is 2.30. The number of likely N-dealkylation sites (N-methyl/N-ethyl adjacent to an activating group) is 1. The Bertz CT molecular complexity index is 276. The van der Waals surface area contributed by atoms with E-state index in [4.69, 9.17) is 15.2 Å². The first kappa shape index (κ1) is 16.4. The van der Waals surface area contributed by atoms with E-state index in [0.717, 1.165) is 39.0 Å². The summed E-state index contributed by atoms with van der Waals surface area (Å²) in [6.45, 7) is 6.67. The molecule has 0 saturated carbocycles. The van der Waals surface area contributed by atoms with Crippen LogP contribution in [0, 0.1) is 0 Å². The van der Waals surface area contributed by atoms with E-state index in [1.165, 1.54) is 0 Å². The van der Waals surface area contributed by atoms with Crippen LogP contribution in [0.3, 0.4) is 0 Å². The minimum atomic E-state index is -0.856. The molecule has 0 spiro atoms. The van der Waals surface area contributed by atoms with Crippen molar-refractivity contribution in [1.82, 2.24) is 4.90 Å². The smallest absolute Gasteiger partial charge is 0.325 e. The molecule has 0 radical (unpaired) electrons. The van der Waals surface area contributed by atoms with Crippen LogP contribution in [-0.2, 0) is 14.3 Å². The van der Waals surface area contributed by atoms with E-state index in [1.807, 2.05) is 0 Å². The van der Waals surface area contributed by atoms with Gasteiger partial charge in [0.15, 0.2) is 0 Å². The highest BCUT2D eigenvalue weighted by atomic mass is 16.5. The van der Waals surface area contributed by atoms with Gasteiger partial charge in [0.2, 0.25) is 0 Å². The zero-order chi connectivity index (χ0) is 14.3. The fourth-order valence-corrected chi connectivity index (χ4v) is 2.30. The van der Waals surface area contributed by atoms with Gasteiger partial charge in [0, 0.05) is 12.6 Å². The van der Waals surface area contributed by atoms with Crippen LogP contribution in [0.25, 0.3) is 0 Å². The lowest BCUT2D eigenvalue weighted by molar-refractivity contribution is -0.149. The van der Waals surface area contributed by atoms with E-state index in [0.29, 0.717) is 19.1 Å². The molecule has 5 nitrogen and oxygen atoms in total. The molecule has 1 rings (SSSR count). The van der Waals surface area contributed by atoms with Crippen LogP contribution in [0.2, 0.25) is 0 Å². The van der Waals surface area contributed by atoms with Crippen LogP contribution in [0.4, 0.5) is 0 Å². The Kier molecular flexibility index (Phi) is 6.75. The molecule has 112 valence electrons. The van der Waals surface area contributed by atoms with Crippen molar-refractivity contribution in [2.45, 2.75) is 51.1 Å². The van der Waals surface area contributed by atoms with Gasteiger partial charge in [-0.3, -0.25) is 4.79 Å². The van der Waals surface area contributed by atoms with Crippen molar-refractivity contribution >= 4 is 5.97 Å². The van der Waals surface area contributed by atoms with Crippen molar-refractivity contribution in [3.05, 3.63) is 0 Å². The van der Waals surface area contributed by atoms with Crippen LogP contribution >= 0.6 is 0 Å². The Balaban J connectivity index is 2.17. The van der Waals surface area contributed by atoms with Gasteiger partial charge in [-0.05, 0) is 53.1 Å². The van der Waals surface area contributed by atoms with Gasteiger partial charge in [-0.1, -0.05) is 0 Å².